The van der Waals surface area contributed by atoms with Crippen LogP contribution in [0.15, 0.2) is 74.9 Å². The molecule has 0 radical (unpaired) electrons. The summed E-state index contributed by atoms with van der Waals surface area (Å²) in [5.41, 5.74) is 0. The molecule has 1 amide bonds. The zero-order valence-corrected chi connectivity index (χ0v) is 14.3. The van der Waals surface area contributed by atoms with E-state index in [0.29, 0.717) is 17.4 Å². The number of carbonyl (C=O) groups is 1. The molecule has 0 aliphatic carbocycles. The molecule has 0 fully saturated rings. The maximum Gasteiger partial charge on any atom is 0.322 e. The highest BCUT2D eigenvalue weighted by Gasteiger charge is 2.10. The predicted octanol–water partition coefficient (Wildman–Crippen LogP) is 4.09. The van der Waals surface area contributed by atoms with Gasteiger partial charge in [-0.3, -0.25) is 10.1 Å². The maximum atomic E-state index is 11.9. The Labute approximate surface area is 148 Å². The lowest BCUT2D eigenvalue weighted by Gasteiger charge is -2.01. The van der Waals surface area contributed by atoms with Crippen molar-refractivity contribution in [3.63, 3.8) is 0 Å². The van der Waals surface area contributed by atoms with Crippen LogP contribution in [0.4, 0.5) is 6.01 Å². The highest BCUT2D eigenvalue weighted by molar-refractivity contribution is 8.00. The van der Waals surface area contributed by atoms with Crippen molar-refractivity contribution < 1.29 is 9.21 Å². The van der Waals surface area contributed by atoms with Crippen molar-refractivity contribution in [1.29, 1.82) is 0 Å². The first-order valence-electron chi connectivity index (χ1n) is 7.27. The molecule has 2 aromatic carbocycles. The van der Waals surface area contributed by atoms with E-state index in [1.807, 2.05) is 60.7 Å². The van der Waals surface area contributed by atoms with Crippen LogP contribution in [-0.4, -0.2) is 21.9 Å². The number of hydrogen-bond donors (Lipinski definition) is 1. The van der Waals surface area contributed by atoms with Crippen LogP contribution in [-0.2, 0) is 10.5 Å². The van der Waals surface area contributed by atoms with Gasteiger partial charge in [0, 0.05) is 9.79 Å². The highest BCUT2D eigenvalue weighted by Crippen LogP contribution is 2.22. The zero-order chi connectivity index (χ0) is 16.6. The van der Waals surface area contributed by atoms with Gasteiger partial charge < -0.3 is 4.42 Å². The number of amides is 1. The van der Waals surface area contributed by atoms with E-state index in [1.165, 1.54) is 11.8 Å². The lowest BCUT2D eigenvalue weighted by atomic mass is 10.4. The fourth-order valence-electron chi connectivity index (χ4n) is 1.85. The summed E-state index contributed by atoms with van der Waals surface area (Å²) in [7, 11) is 0. The van der Waals surface area contributed by atoms with E-state index in [9.17, 15) is 4.79 Å². The van der Waals surface area contributed by atoms with Gasteiger partial charge in [0.1, 0.15) is 0 Å². The minimum Gasteiger partial charge on any atom is -0.407 e. The average molecular weight is 357 g/mol. The first-order chi connectivity index (χ1) is 11.8. The Kier molecular flexibility index (Phi) is 5.92. The second kappa shape index (κ2) is 8.56. The van der Waals surface area contributed by atoms with E-state index in [-0.39, 0.29) is 11.9 Å². The molecule has 3 aromatic rings. The number of aromatic nitrogens is 2. The Morgan fingerprint density at radius 1 is 0.917 bits per heavy atom. The fraction of sp³-hybridized carbons (Fsp3) is 0.118. The summed E-state index contributed by atoms with van der Waals surface area (Å²) in [6.07, 6.45) is 0. The quantitative estimate of drug-likeness (QED) is 0.642. The van der Waals surface area contributed by atoms with Crippen LogP contribution in [0.2, 0.25) is 0 Å². The SMILES string of the molecule is O=C(CSc1ccccc1)Nc1nnc(CSc2ccccc2)o1. The van der Waals surface area contributed by atoms with Crippen molar-refractivity contribution in [3.05, 3.63) is 66.6 Å². The van der Waals surface area contributed by atoms with E-state index >= 15 is 0 Å². The van der Waals surface area contributed by atoms with Crippen molar-refractivity contribution in [2.45, 2.75) is 15.5 Å². The minimum absolute atomic E-state index is 0.136. The summed E-state index contributed by atoms with van der Waals surface area (Å²) in [6.45, 7) is 0. The van der Waals surface area contributed by atoms with Gasteiger partial charge in [0.15, 0.2) is 0 Å². The molecule has 0 atom stereocenters. The Morgan fingerprint density at radius 2 is 1.54 bits per heavy atom. The molecule has 0 bridgehead atoms. The van der Waals surface area contributed by atoms with Crippen LogP contribution in [0.1, 0.15) is 5.89 Å². The molecule has 0 unspecified atom stereocenters. The van der Waals surface area contributed by atoms with Gasteiger partial charge in [0.2, 0.25) is 11.8 Å². The molecule has 0 aliphatic heterocycles. The summed E-state index contributed by atoms with van der Waals surface area (Å²) in [5.74, 6) is 1.16. The first-order valence-corrected chi connectivity index (χ1v) is 9.24. The molecule has 0 spiro atoms. The Hall–Kier alpha value is -2.25. The van der Waals surface area contributed by atoms with Crippen molar-refractivity contribution in [2.75, 3.05) is 11.1 Å². The van der Waals surface area contributed by atoms with Crippen molar-refractivity contribution in [2.24, 2.45) is 0 Å². The Morgan fingerprint density at radius 3 is 2.21 bits per heavy atom. The third-order valence-electron chi connectivity index (χ3n) is 2.93. The molecule has 122 valence electrons. The largest absolute Gasteiger partial charge is 0.407 e. The van der Waals surface area contributed by atoms with Gasteiger partial charge in [0.05, 0.1) is 11.5 Å². The van der Waals surface area contributed by atoms with Crippen molar-refractivity contribution >= 4 is 35.4 Å². The number of anilines is 1. The standard InChI is InChI=1S/C17H15N3O2S2/c21-15(11-23-13-7-3-1-4-8-13)18-17-20-19-16(22-17)12-24-14-9-5-2-6-10-14/h1-10H,11-12H2,(H,18,20,21). The molecule has 24 heavy (non-hydrogen) atoms. The van der Waals surface area contributed by atoms with Crippen molar-refractivity contribution in [1.82, 2.24) is 10.2 Å². The van der Waals surface area contributed by atoms with Crippen LogP contribution in [0.3, 0.4) is 0 Å². The van der Waals surface area contributed by atoms with Gasteiger partial charge in [-0.25, -0.2) is 0 Å². The van der Waals surface area contributed by atoms with Gasteiger partial charge >= 0.3 is 6.01 Å². The number of nitrogens with zero attached hydrogens (tertiary/aromatic N) is 2. The zero-order valence-electron chi connectivity index (χ0n) is 12.7. The monoisotopic (exact) mass is 357 g/mol. The smallest absolute Gasteiger partial charge is 0.322 e. The van der Waals surface area contributed by atoms with E-state index in [0.717, 1.165) is 9.79 Å². The molecule has 7 heteroatoms. The topological polar surface area (TPSA) is 68.0 Å². The van der Waals surface area contributed by atoms with Crippen LogP contribution >= 0.6 is 23.5 Å². The highest BCUT2D eigenvalue weighted by atomic mass is 32.2. The average Bonchev–Trinajstić information content (AvgIpc) is 3.07. The summed E-state index contributed by atoms with van der Waals surface area (Å²) < 4.78 is 5.44. The number of nitrogens with one attached hydrogen (secondary N) is 1. The van der Waals surface area contributed by atoms with E-state index in [2.05, 4.69) is 15.5 Å². The number of carbonyl (C=O) groups excluding carboxylic acids is 1. The summed E-state index contributed by atoms with van der Waals surface area (Å²) in [6, 6.07) is 19.8. The molecule has 0 saturated carbocycles. The Balaban J connectivity index is 1.46. The van der Waals surface area contributed by atoms with E-state index in [4.69, 9.17) is 4.42 Å². The molecule has 1 N–H and O–H groups in total. The summed E-state index contributed by atoms with van der Waals surface area (Å²) in [5, 5.41) is 10.4. The van der Waals surface area contributed by atoms with Crippen molar-refractivity contribution in [3.8, 4) is 0 Å². The molecular formula is C17H15N3O2S2. The third-order valence-corrected chi connectivity index (χ3v) is 4.94. The number of rotatable bonds is 7. The van der Waals surface area contributed by atoms with Gasteiger partial charge in [0.25, 0.3) is 0 Å². The van der Waals surface area contributed by atoms with Gasteiger partial charge in [-0.05, 0) is 24.3 Å². The van der Waals surface area contributed by atoms with Gasteiger partial charge in [-0.2, -0.15) is 0 Å². The second-order valence-electron chi connectivity index (χ2n) is 4.75. The maximum absolute atomic E-state index is 11.9. The van der Waals surface area contributed by atoms with E-state index in [1.54, 1.807) is 11.8 Å². The van der Waals surface area contributed by atoms with E-state index < -0.39 is 0 Å². The second-order valence-corrected chi connectivity index (χ2v) is 6.85. The molecular weight excluding hydrogens is 342 g/mol. The van der Waals surface area contributed by atoms with Crippen LogP contribution < -0.4 is 5.32 Å². The summed E-state index contributed by atoms with van der Waals surface area (Å²) in [4.78, 5) is 14.1. The predicted molar refractivity (Wildman–Crippen MR) is 96.1 cm³/mol. The number of thioether (sulfide) groups is 2. The fourth-order valence-corrected chi connectivity index (χ4v) is 3.32. The number of benzene rings is 2. The van der Waals surface area contributed by atoms with Crippen LogP contribution in [0.25, 0.3) is 0 Å². The van der Waals surface area contributed by atoms with Crippen LogP contribution in [0, 0.1) is 0 Å². The van der Waals surface area contributed by atoms with Gasteiger partial charge in [-0.1, -0.05) is 41.5 Å². The molecule has 3 rings (SSSR count). The molecule has 1 heterocycles. The normalized spacial score (nSPS) is 10.5. The number of hydrogen-bond acceptors (Lipinski definition) is 6. The lowest BCUT2D eigenvalue weighted by molar-refractivity contribution is -0.113. The first kappa shape index (κ1) is 16.6. The van der Waals surface area contributed by atoms with Crippen LogP contribution in [0.5, 0.6) is 0 Å². The molecule has 1 aromatic heterocycles. The third kappa shape index (κ3) is 5.14. The minimum atomic E-state index is -0.172. The van der Waals surface area contributed by atoms with Gasteiger partial charge in [-0.15, -0.1) is 28.6 Å². The lowest BCUT2D eigenvalue weighted by Crippen LogP contribution is -2.14. The molecule has 0 saturated heterocycles. The summed E-state index contributed by atoms with van der Waals surface area (Å²) >= 11 is 3.06. The molecule has 5 nitrogen and oxygen atoms in total. The molecule has 0 aliphatic rings. The Bertz CT molecular complexity index is 779.